The Balaban J connectivity index is 0.000000368. The third-order valence-corrected chi connectivity index (χ3v) is 12.1. The molecule has 4 saturated carbocycles. The molecular formula is C51H86O4. The first-order valence-electron chi connectivity index (χ1n) is 22.8. The number of allylic oxidation sites excluding steroid dienone is 8. The van der Waals surface area contributed by atoms with Crippen LogP contribution in [0.15, 0.2) is 46.6 Å². The van der Waals surface area contributed by atoms with Gasteiger partial charge in [-0.3, -0.25) is 0 Å². The van der Waals surface area contributed by atoms with E-state index in [0.29, 0.717) is 30.1 Å². The minimum atomic E-state index is 0.463. The lowest BCUT2D eigenvalue weighted by Gasteiger charge is -2.35. The van der Waals surface area contributed by atoms with Crippen LogP contribution in [0.5, 0.6) is 0 Å². The number of carbonyl (C=O) groups is 4. The fraction of sp³-hybridized carbons (Fsp3) is 0.765. The summed E-state index contributed by atoms with van der Waals surface area (Å²) in [5.41, 5.74) is 7.33. The number of carbonyl (C=O) groups excluding carboxylic acids is 4. The van der Waals surface area contributed by atoms with Crippen molar-refractivity contribution in [1.29, 1.82) is 0 Å². The maximum Gasteiger partial charge on any atom is 0.120 e. The summed E-state index contributed by atoms with van der Waals surface area (Å²) < 4.78 is 0. The molecule has 0 aromatic carbocycles. The predicted octanol–water partition coefficient (Wildman–Crippen LogP) is 15.0. The normalized spacial score (nSPS) is 23.2. The van der Waals surface area contributed by atoms with Crippen molar-refractivity contribution in [3.63, 3.8) is 0 Å². The van der Waals surface area contributed by atoms with Gasteiger partial charge in [-0.05, 0) is 163 Å². The number of hydrogen-bond donors (Lipinski definition) is 0. The average molecular weight is 763 g/mol. The number of hydrogen-bond acceptors (Lipinski definition) is 4. The van der Waals surface area contributed by atoms with Crippen LogP contribution in [0, 0.1) is 28.6 Å². The van der Waals surface area contributed by atoms with Crippen LogP contribution in [0.25, 0.3) is 0 Å². The van der Waals surface area contributed by atoms with E-state index >= 15 is 0 Å². The fourth-order valence-corrected chi connectivity index (χ4v) is 8.90. The molecule has 0 N–H and O–H groups in total. The summed E-state index contributed by atoms with van der Waals surface area (Å²) in [6, 6.07) is 0. The molecule has 4 fully saturated rings. The van der Waals surface area contributed by atoms with Crippen LogP contribution in [-0.4, -0.2) is 25.1 Å². The minimum absolute atomic E-state index is 0.463. The number of unbranched alkanes of at least 4 members (excludes halogenated alkanes) is 6. The highest BCUT2D eigenvalue weighted by Gasteiger charge is 2.28. The van der Waals surface area contributed by atoms with E-state index in [1.54, 1.807) is 22.3 Å². The van der Waals surface area contributed by atoms with Gasteiger partial charge in [0.1, 0.15) is 25.1 Å². The van der Waals surface area contributed by atoms with Crippen LogP contribution in [0.1, 0.15) is 222 Å². The van der Waals surface area contributed by atoms with Crippen molar-refractivity contribution in [2.45, 2.75) is 222 Å². The van der Waals surface area contributed by atoms with Crippen LogP contribution in [0.4, 0.5) is 0 Å². The second-order valence-corrected chi connectivity index (χ2v) is 19.2. The van der Waals surface area contributed by atoms with Crippen LogP contribution in [-0.2, 0) is 19.2 Å². The van der Waals surface area contributed by atoms with Crippen LogP contribution in [0.3, 0.4) is 0 Å². The van der Waals surface area contributed by atoms with Crippen LogP contribution >= 0.6 is 0 Å². The molecule has 0 aliphatic heterocycles. The van der Waals surface area contributed by atoms with E-state index in [-0.39, 0.29) is 0 Å². The van der Waals surface area contributed by atoms with Crippen molar-refractivity contribution in [1.82, 2.24) is 0 Å². The van der Waals surface area contributed by atoms with E-state index in [2.05, 4.69) is 72.8 Å². The van der Waals surface area contributed by atoms with E-state index in [4.69, 9.17) is 0 Å². The van der Waals surface area contributed by atoms with Crippen molar-refractivity contribution in [3.8, 4) is 0 Å². The Morgan fingerprint density at radius 2 is 0.927 bits per heavy atom. The molecule has 0 radical (unpaired) electrons. The lowest BCUT2D eigenvalue weighted by atomic mass is 9.70. The topological polar surface area (TPSA) is 68.3 Å². The van der Waals surface area contributed by atoms with Crippen molar-refractivity contribution in [2.75, 3.05) is 0 Å². The van der Waals surface area contributed by atoms with Gasteiger partial charge in [0.2, 0.25) is 0 Å². The van der Waals surface area contributed by atoms with Gasteiger partial charge in [-0.15, -0.1) is 0 Å². The van der Waals surface area contributed by atoms with Gasteiger partial charge in [-0.25, -0.2) is 0 Å². The second-order valence-electron chi connectivity index (χ2n) is 19.2. The van der Waals surface area contributed by atoms with Gasteiger partial charge >= 0.3 is 0 Å². The van der Waals surface area contributed by atoms with Crippen LogP contribution < -0.4 is 0 Å². The zero-order chi connectivity index (χ0) is 40.8. The number of aldehydes is 4. The van der Waals surface area contributed by atoms with E-state index in [9.17, 15) is 19.2 Å². The molecule has 0 heterocycles. The van der Waals surface area contributed by atoms with Crippen molar-refractivity contribution >= 4 is 25.1 Å². The van der Waals surface area contributed by atoms with Gasteiger partial charge in [-0.1, -0.05) is 108 Å². The van der Waals surface area contributed by atoms with Crippen molar-refractivity contribution in [2.24, 2.45) is 28.6 Å². The van der Waals surface area contributed by atoms with Gasteiger partial charge in [0.25, 0.3) is 0 Å². The lowest BCUT2D eigenvalue weighted by molar-refractivity contribution is -0.108. The van der Waals surface area contributed by atoms with E-state index < -0.39 is 0 Å². The summed E-state index contributed by atoms with van der Waals surface area (Å²) in [5.74, 6) is 2.59. The van der Waals surface area contributed by atoms with E-state index in [1.165, 1.54) is 122 Å². The molecule has 0 spiro atoms. The molecular weight excluding hydrogens is 677 g/mol. The maximum atomic E-state index is 10.2. The molecule has 1 unspecified atom stereocenters. The molecule has 0 aromatic heterocycles. The standard InChI is InChI=1S/C14H24O.2C13H22O.C11H18O/c1-14(2,3)13-9-7-12(8-10-13)6-4-5-11-15;1-11-8-12(6-4-5-7-14)10-13(2,3)9-11;14-12-8-4-3-7-11-13-9-5-1-2-6-10-13;1-10-5-7-11(8-6-10)4-2-3-9-12/h6,11,13H,4-5,7-10H2,1-3H3;6-7,11H,4-5,8-10H2,1-3H3;11-12H,1-10H2;4,9-10H,2-3,5-8H2,1H3. The highest BCUT2D eigenvalue weighted by Crippen LogP contribution is 2.42. The van der Waals surface area contributed by atoms with Crippen molar-refractivity contribution < 1.29 is 19.2 Å². The molecule has 1 atom stereocenters. The Hall–Kier alpha value is -2.36. The summed E-state index contributed by atoms with van der Waals surface area (Å²) >= 11 is 0. The molecule has 0 aromatic rings. The Morgan fingerprint density at radius 3 is 1.38 bits per heavy atom. The van der Waals surface area contributed by atoms with Crippen molar-refractivity contribution in [3.05, 3.63) is 46.6 Å². The SMILES string of the molecule is CC(C)(C)C1CCC(=CCCC=O)CC1.CC1CC(=CCCC=O)CC(C)(C)C1.CC1CCC(=CCCC=O)CC1.O=CCCCCC=C1CCCCCC1. The number of rotatable bonds is 14. The van der Waals surface area contributed by atoms with Crippen LogP contribution in [0.2, 0.25) is 0 Å². The molecule has 0 amide bonds. The summed E-state index contributed by atoms with van der Waals surface area (Å²) in [4.78, 5) is 40.6. The molecule has 4 rings (SSSR count). The quantitative estimate of drug-likeness (QED) is 0.0765. The van der Waals surface area contributed by atoms with Gasteiger partial charge in [0, 0.05) is 25.7 Å². The Kier molecular flexibility index (Phi) is 28.3. The largest absolute Gasteiger partial charge is 0.303 e. The first-order chi connectivity index (χ1) is 26.3. The van der Waals surface area contributed by atoms with E-state index in [1.807, 2.05) is 0 Å². The lowest BCUT2D eigenvalue weighted by Crippen LogP contribution is -2.23. The zero-order valence-electron chi connectivity index (χ0n) is 37.1. The smallest absolute Gasteiger partial charge is 0.120 e. The molecule has 0 saturated heterocycles. The van der Waals surface area contributed by atoms with Gasteiger partial charge < -0.3 is 19.2 Å². The summed E-state index contributed by atoms with van der Waals surface area (Å²) in [5, 5.41) is 0. The molecule has 55 heavy (non-hydrogen) atoms. The molecule has 0 bridgehead atoms. The average Bonchev–Trinajstić information content (AvgIpc) is 3.42. The van der Waals surface area contributed by atoms with Gasteiger partial charge in [0.05, 0.1) is 0 Å². The molecule has 4 aliphatic rings. The molecule has 4 aliphatic carbocycles. The molecule has 314 valence electrons. The summed E-state index contributed by atoms with van der Waals surface area (Å²) in [7, 11) is 0. The van der Waals surface area contributed by atoms with E-state index in [0.717, 1.165) is 75.0 Å². The third kappa shape index (κ3) is 27.0. The summed E-state index contributed by atoms with van der Waals surface area (Å²) in [6.07, 6.45) is 44.8. The first kappa shape index (κ1) is 50.7. The second kappa shape index (κ2) is 30.7. The Labute approximate surface area is 340 Å². The first-order valence-corrected chi connectivity index (χ1v) is 22.8. The fourth-order valence-electron chi connectivity index (χ4n) is 8.90. The van der Waals surface area contributed by atoms with Gasteiger partial charge in [0.15, 0.2) is 0 Å². The summed E-state index contributed by atoms with van der Waals surface area (Å²) in [6.45, 7) is 16.4. The molecule has 4 nitrogen and oxygen atoms in total. The third-order valence-electron chi connectivity index (χ3n) is 12.1. The highest BCUT2D eigenvalue weighted by atomic mass is 16.1. The maximum absolute atomic E-state index is 10.2. The van der Waals surface area contributed by atoms with Gasteiger partial charge in [-0.2, -0.15) is 0 Å². The minimum Gasteiger partial charge on any atom is -0.303 e. The zero-order valence-corrected chi connectivity index (χ0v) is 37.1. The Bertz CT molecular complexity index is 1150. The monoisotopic (exact) mass is 763 g/mol. The predicted molar refractivity (Wildman–Crippen MR) is 236 cm³/mol. The highest BCUT2D eigenvalue weighted by molar-refractivity contribution is 5.50. The Morgan fingerprint density at radius 1 is 0.509 bits per heavy atom. The molecule has 4 heteroatoms.